The van der Waals surface area contributed by atoms with Gasteiger partial charge in [0.15, 0.2) is 11.0 Å². The first-order chi connectivity index (χ1) is 12.4. The summed E-state index contributed by atoms with van der Waals surface area (Å²) in [5.41, 5.74) is 3.36. The first-order valence-electron chi connectivity index (χ1n) is 8.09. The van der Waals surface area contributed by atoms with E-state index in [-0.39, 0.29) is 0 Å². The molecule has 0 saturated heterocycles. The summed E-state index contributed by atoms with van der Waals surface area (Å²) < 4.78 is 7.88. The Labute approximate surface area is 167 Å². The molecule has 0 fully saturated rings. The summed E-state index contributed by atoms with van der Waals surface area (Å²) in [6.07, 6.45) is 0. The van der Waals surface area contributed by atoms with E-state index in [1.165, 1.54) is 5.56 Å². The van der Waals surface area contributed by atoms with Crippen LogP contribution in [-0.4, -0.2) is 14.8 Å². The van der Waals surface area contributed by atoms with Crippen LogP contribution in [0.2, 0.25) is 10.0 Å². The van der Waals surface area contributed by atoms with E-state index in [2.05, 4.69) is 22.3 Å². The van der Waals surface area contributed by atoms with E-state index in [1.807, 2.05) is 43.7 Å². The fraction of sp³-hybridized carbons (Fsp3) is 0.263. The van der Waals surface area contributed by atoms with Crippen molar-refractivity contribution in [2.45, 2.75) is 31.4 Å². The van der Waals surface area contributed by atoms with E-state index in [1.54, 1.807) is 17.8 Å². The van der Waals surface area contributed by atoms with Crippen molar-refractivity contribution in [3.63, 3.8) is 0 Å². The normalized spacial score (nSPS) is 11.0. The Bertz CT molecular complexity index is 927. The van der Waals surface area contributed by atoms with Crippen LogP contribution in [0.25, 0.3) is 0 Å². The Morgan fingerprint density at radius 1 is 1.04 bits per heavy atom. The number of aryl methyl sites for hydroxylation is 2. The second-order valence-corrected chi connectivity index (χ2v) is 7.81. The molecule has 0 aliphatic heterocycles. The molecule has 3 rings (SSSR count). The van der Waals surface area contributed by atoms with Gasteiger partial charge in [0.2, 0.25) is 0 Å². The van der Waals surface area contributed by atoms with Gasteiger partial charge in [-0.3, -0.25) is 0 Å². The van der Waals surface area contributed by atoms with Gasteiger partial charge < -0.3 is 9.30 Å². The van der Waals surface area contributed by atoms with Crippen molar-refractivity contribution in [1.29, 1.82) is 0 Å². The average Bonchev–Trinajstić information content (AvgIpc) is 2.97. The molecule has 0 amide bonds. The highest BCUT2D eigenvalue weighted by Gasteiger charge is 2.11. The predicted octanol–water partition coefficient (Wildman–Crippen LogP) is 5.61. The number of ether oxygens (including phenoxy) is 1. The lowest BCUT2D eigenvalue weighted by Gasteiger charge is -2.10. The highest BCUT2D eigenvalue weighted by Crippen LogP contribution is 2.27. The van der Waals surface area contributed by atoms with E-state index in [0.717, 1.165) is 33.6 Å². The highest BCUT2D eigenvalue weighted by atomic mass is 35.5. The van der Waals surface area contributed by atoms with Crippen LogP contribution in [0.1, 0.15) is 22.5 Å². The predicted molar refractivity (Wildman–Crippen MR) is 107 cm³/mol. The zero-order valence-corrected chi connectivity index (χ0v) is 17.1. The topological polar surface area (TPSA) is 39.9 Å². The van der Waals surface area contributed by atoms with Gasteiger partial charge in [-0.1, -0.05) is 53.2 Å². The third kappa shape index (κ3) is 4.53. The molecule has 0 aliphatic rings. The molecule has 0 spiro atoms. The van der Waals surface area contributed by atoms with Crippen LogP contribution in [0.4, 0.5) is 0 Å². The van der Waals surface area contributed by atoms with E-state index in [0.29, 0.717) is 16.7 Å². The highest BCUT2D eigenvalue weighted by molar-refractivity contribution is 7.98. The molecular weight excluding hydrogens is 389 g/mol. The molecule has 3 aromatic rings. The molecule has 2 aromatic carbocycles. The van der Waals surface area contributed by atoms with Crippen LogP contribution < -0.4 is 4.74 Å². The van der Waals surface area contributed by atoms with E-state index in [4.69, 9.17) is 27.9 Å². The van der Waals surface area contributed by atoms with Crippen LogP contribution in [0.3, 0.4) is 0 Å². The molecule has 0 unspecified atom stereocenters. The number of thioether (sulfide) groups is 1. The Balaban J connectivity index is 1.64. The first-order valence-corrected chi connectivity index (χ1v) is 9.83. The standard InChI is InChI=1S/C19H19Cl2N3OS/c1-12-4-5-13(2)17(8-12)25-10-18-22-23-19(24(18)3)26-11-14-6-7-15(20)16(21)9-14/h4-9H,10-11H2,1-3H3. The molecule has 1 heterocycles. The number of nitrogens with zero attached hydrogens (tertiary/aromatic N) is 3. The average molecular weight is 408 g/mol. The van der Waals surface area contributed by atoms with Crippen molar-refractivity contribution in [1.82, 2.24) is 14.8 Å². The Morgan fingerprint density at radius 3 is 2.62 bits per heavy atom. The molecule has 26 heavy (non-hydrogen) atoms. The lowest BCUT2D eigenvalue weighted by Crippen LogP contribution is -2.05. The largest absolute Gasteiger partial charge is 0.485 e. The lowest BCUT2D eigenvalue weighted by atomic mass is 10.1. The van der Waals surface area contributed by atoms with Crippen LogP contribution in [0.5, 0.6) is 5.75 Å². The van der Waals surface area contributed by atoms with Crippen molar-refractivity contribution >= 4 is 35.0 Å². The van der Waals surface area contributed by atoms with Crippen LogP contribution in [-0.2, 0) is 19.4 Å². The molecule has 7 heteroatoms. The molecule has 0 radical (unpaired) electrons. The van der Waals surface area contributed by atoms with Gasteiger partial charge in [-0.15, -0.1) is 10.2 Å². The fourth-order valence-electron chi connectivity index (χ4n) is 2.38. The number of hydrogen-bond acceptors (Lipinski definition) is 4. The molecule has 4 nitrogen and oxygen atoms in total. The molecule has 0 saturated carbocycles. The van der Waals surface area contributed by atoms with Gasteiger partial charge in [-0.05, 0) is 48.7 Å². The van der Waals surface area contributed by atoms with Crippen LogP contribution in [0, 0.1) is 13.8 Å². The monoisotopic (exact) mass is 407 g/mol. The lowest BCUT2D eigenvalue weighted by molar-refractivity contribution is 0.288. The van der Waals surface area contributed by atoms with Gasteiger partial charge >= 0.3 is 0 Å². The Morgan fingerprint density at radius 2 is 1.85 bits per heavy atom. The number of aromatic nitrogens is 3. The summed E-state index contributed by atoms with van der Waals surface area (Å²) >= 11 is 13.6. The number of benzene rings is 2. The third-order valence-corrected chi connectivity index (χ3v) is 5.81. The van der Waals surface area contributed by atoms with Crippen molar-refractivity contribution < 1.29 is 4.74 Å². The van der Waals surface area contributed by atoms with Gasteiger partial charge in [0.05, 0.1) is 10.0 Å². The summed E-state index contributed by atoms with van der Waals surface area (Å²) in [7, 11) is 1.94. The minimum Gasteiger partial charge on any atom is -0.485 e. The minimum absolute atomic E-state index is 0.376. The molecule has 136 valence electrons. The molecule has 0 aliphatic carbocycles. The van der Waals surface area contributed by atoms with Crippen molar-refractivity contribution in [2.24, 2.45) is 7.05 Å². The van der Waals surface area contributed by atoms with Crippen molar-refractivity contribution in [2.75, 3.05) is 0 Å². The summed E-state index contributed by atoms with van der Waals surface area (Å²) in [5.74, 6) is 2.39. The van der Waals surface area contributed by atoms with Crippen molar-refractivity contribution in [3.05, 3.63) is 69.0 Å². The fourth-order valence-corrected chi connectivity index (χ4v) is 3.57. The molecule has 0 N–H and O–H groups in total. The molecule has 0 atom stereocenters. The van der Waals surface area contributed by atoms with E-state index >= 15 is 0 Å². The molecular formula is C19H19Cl2N3OS. The summed E-state index contributed by atoms with van der Waals surface area (Å²) in [6, 6.07) is 11.8. The second-order valence-electron chi connectivity index (χ2n) is 6.05. The van der Waals surface area contributed by atoms with Crippen LogP contribution in [0.15, 0.2) is 41.6 Å². The third-order valence-electron chi connectivity index (χ3n) is 3.98. The van der Waals surface area contributed by atoms with E-state index < -0.39 is 0 Å². The van der Waals surface area contributed by atoms with Crippen molar-refractivity contribution in [3.8, 4) is 5.75 Å². The number of hydrogen-bond donors (Lipinski definition) is 0. The maximum atomic E-state index is 6.06. The quantitative estimate of drug-likeness (QED) is 0.497. The zero-order chi connectivity index (χ0) is 18.7. The summed E-state index contributed by atoms with van der Waals surface area (Å²) in [4.78, 5) is 0. The molecule has 1 aromatic heterocycles. The first kappa shape index (κ1) is 19.1. The van der Waals surface area contributed by atoms with Gasteiger partial charge in [0.25, 0.3) is 0 Å². The summed E-state index contributed by atoms with van der Waals surface area (Å²) in [5, 5.41) is 10.5. The van der Waals surface area contributed by atoms with Crippen LogP contribution >= 0.6 is 35.0 Å². The second kappa shape index (κ2) is 8.33. The summed E-state index contributed by atoms with van der Waals surface area (Å²) in [6.45, 7) is 4.46. The maximum absolute atomic E-state index is 6.06. The van der Waals surface area contributed by atoms with Gasteiger partial charge in [0.1, 0.15) is 12.4 Å². The Hall–Kier alpha value is -1.69. The smallest absolute Gasteiger partial charge is 0.191 e. The van der Waals surface area contributed by atoms with Gasteiger partial charge in [0, 0.05) is 12.8 Å². The molecule has 0 bridgehead atoms. The number of rotatable bonds is 6. The number of halogens is 2. The minimum atomic E-state index is 0.376. The maximum Gasteiger partial charge on any atom is 0.191 e. The Kier molecular flexibility index (Phi) is 6.12. The zero-order valence-electron chi connectivity index (χ0n) is 14.8. The van der Waals surface area contributed by atoms with E-state index in [9.17, 15) is 0 Å². The van der Waals surface area contributed by atoms with Gasteiger partial charge in [-0.2, -0.15) is 0 Å². The van der Waals surface area contributed by atoms with Gasteiger partial charge in [-0.25, -0.2) is 0 Å². The SMILES string of the molecule is Cc1ccc(C)c(OCc2nnc(SCc3ccc(Cl)c(Cl)c3)n2C)c1.